The van der Waals surface area contributed by atoms with Gasteiger partial charge in [-0.05, 0) is 115 Å². The van der Waals surface area contributed by atoms with Gasteiger partial charge >= 0.3 is 0 Å². The highest BCUT2D eigenvalue weighted by Crippen LogP contribution is 2.61. The first-order valence-electron chi connectivity index (χ1n) is 23.9. The fourth-order valence-electron chi connectivity index (χ4n) is 11.9. The molecular formula is C67H44N2. The maximum atomic E-state index is 2.52. The maximum absolute atomic E-state index is 2.52. The van der Waals surface area contributed by atoms with E-state index in [1.807, 2.05) is 0 Å². The van der Waals surface area contributed by atoms with Gasteiger partial charge in [0.25, 0.3) is 0 Å². The van der Waals surface area contributed by atoms with Crippen molar-refractivity contribution in [3.05, 3.63) is 289 Å². The highest BCUT2D eigenvalue weighted by Gasteiger charge is 2.51. The Kier molecular flexibility index (Phi) is 8.84. The Bertz CT molecular complexity index is 3970. The summed E-state index contributed by atoms with van der Waals surface area (Å²) in [7, 11) is 0. The van der Waals surface area contributed by atoms with Crippen molar-refractivity contribution in [2.45, 2.75) is 5.41 Å². The summed E-state index contributed by atoms with van der Waals surface area (Å²) in [5, 5.41) is 2.56. The highest BCUT2D eigenvalue weighted by molar-refractivity contribution is 6.13. The van der Waals surface area contributed by atoms with Crippen molar-refractivity contribution < 1.29 is 0 Å². The van der Waals surface area contributed by atoms with E-state index < -0.39 is 5.41 Å². The van der Waals surface area contributed by atoms with Crippen molar-refractivity contribution in [3.63, 3.8) is 0 Å². The third kappa shape index (κ3) is 5.86. The number of hydrogen-bond donors (Lipinski definition) is 0. The first-order valence-corrected chi connectivity index (χ1v) is 23.9. The van der Waals surface area contributed by atoms with E-state index >= 15 is 0 Å². The molecule has 2 heteroatoms. The van der Waals surface area contributed by atoms with Crippen LogP contribution in [0.1, 0.15) is 22.3 Å². The lowest BCUT2D eigenvalue weighted by Gasteiger charge is -2.39. The molecule has 69 heavy (non-hydrogen) atoms. The van der Waals surface area contributed by atoms with Crippen molar-refractivity contribution in [1.29, 1.82) is 0 Å². The molecule has 1 atom stereocenters. The van der Waals surface area contributed by atoms with Gasteiger partial charge in [-0.2, -0.15) is 0 Å². The summed E-state index contributed by atoms with van der Waals surface area (Å²) in [5.41, 5.74) is 23.7. The molecule has 0 saturated carbocycles. The summed E-state index contributed by atoms with van der Waals surface area (Å²) >= 11 is 0. The quantitative estimate of drug-likeness (QED) is 0.155. The molecule has 1 aliphatic heterocycles. The SMILES string of the molecule is c1ccc(-c2cccc(-c3ccccc3N(c3cccc(-c4ccccc4)c3)c3ccccc3-c3ccc4c(c3)C3(c5ccccc5-4)c4ccccc4-n4c5ccccc5c5cccc3c54)c2)cc1. The van der Waals surface area contributed by atoms with Crippen LogP contribution in [0.5, 0.6) is 0 Å². The lowest BCUT2D eigenvalue weighted by molar-refractivity contribution is 0.749. The van der Waals surface area contributed by atoms with Crippen LogP contribution in [0.4, 0.5) is 17.1 Å². The standard InChI is InChI=1S/C67H44N2/c1-3-20-45(21-4-1)47-24-17-26-49(42-47)52-28-8-13-36-62(52)68(51-27-18-25-48(43-51)46-22-5-2-6-23-46)63-37-14-9-29-53(63)50-40-41-55-54-30-7-11-33-58(54)67(61(55)44-50)59-34-12-16-39-65(59)69-64-38-15-10-31-56(64)57-32-19-35-60(67)66(57)69/h1-44H. The number of nitrogens with zero attached hydrogens (tertiary/aromatic N) is 2. The molecule has 1 unspecified atom stereocenters. The van der Waals surface area contributed by atoms with Crippen LogP contribution in [0.15, 0.2) is 267 Å². The molecule has 0 fully saturated rings. The Morgan fingerprint density at radius 3 is 1.55 bits per heavy atom. The van der Waals surface area contributed by atoms with Crippen molar-refractivity contribution in [1.82, 2.24) is 4.57 Å². The zero-order chi connectivity index (χ0) is 45.5. The molecule has 2 heterocycles. The van der Waals surface area contributed by atoms with Crippen LogP contribution in [0.3, 0.4) is 0 Å². The average Bonchev–Trinajstić information content (AvgIpc) is 3.92. The fraction of sp³-hybridized carbons (Fsp3) is 0.0149. The van der Waals surface area contributed by atoms with Gasteiger partial charge in [-0.15, -0.1) is 0 Å². The summed E-state index contributed by atoms with van der Waals surface area (Å²) in [6, 6.07) is 98.7. The summed E-state index contributed by atoms with van der Waals surface area (Å²) in [6.45, 7) is 0. The monoisotopic (exact) mass is 876 g/mol. The summed E-state index contributed by atoms with van der Waals surface area (Å²) < 4.78 is 2.52. The number of hydrogen-bond acceptors (Lipinski definition) is 1. The second-order valence-electron chi connectivity index (χ2n) is 18.4. The smallest absolute Gasteiger partial charge is 0.0754 e. The Morgan fingerprint density at radius 2 is 0.797 bits per heavy atom. The summed E-state index contributed by atoms with van der Waals surface area (Å²) in [5.74, 6) is 0. The fourth-order valence-corrected chi connectivity index (χ4v) is 11.9. The second-order valence-corrected chi connectivity index (χ2v) is 18.4. The van der Waals surface area contributed by atoms with E-state index in [0.29, 0.717) is 0 Å². The van der Waals surface area contributed by atoms with Gasteiger partial charge < -0.3 is 9.47 Å². The molecule has 0 radical (unpaired) electrons. The molecule has 0 saturated heterocycles. The van der Waals surface area contributed by atoms with Crippen molar-refractivity contribution in [3.8, 4) is 61.3 Å². The van der Waals surface area contributed by atoms with Crippen LogP contribution in [0.2, 0.25) is 0 Å². The number of anilines is 3. The Labute approximate surface area is 402 Å². The van der Waals surface area contributed by atoms with E-state index in [2.05, 4.69) is 276 Å². The molecular weight excluding hydrogens is 833 g/mol. The van der Waals surface area contributed by atoms with E-state index in [0.717, 1.165) is 33.8 Å². The molecule has 0 amide bonds. The largest absolute Gasteiger partial charge is 0.309 e. The minimum absolute atomic E-state index is 0.558. The molecule has 0 N–H and O–H groups in total. The second kappa shape index (κ2) is 15.6. The zero-order valence-corrected chi connectivity index (χ0v) is 37.8. The predicted molar refractivity (Wildman–Crippen MR) is 288 cm³/mol. The molecule has 1 spiro atoms. The molecule has 0 bridgehead atoms. The molecule has 12 aromatic rings. The van der Waals surface area contributed by atoms with E-state index in [4.69, 9.17) is 0 Å². The predicted octanol–water partition coefficient (Wildman–Crippen LogP) is 17.6. The van der Waals surface area contributed by atoms with Gasteiger partial charge in [0.05, 0.1) is 33.5 Å². The van der Waals surface area contributed by atoms with Crippen LogP contribution in [0, 0.1) is 0 Å². The van der Waals surface area contributed by atoms with E-state index in [1.54, 1.807) is 0 Å². The Morgan fingerprint density at radius 1 is 0.290 bits per heavy atom. The van der Waals surface area contributed by atoms with Gasteiger partial charge in [0.15, 0.2) is 0 Å². The number of rotatable bonds is 7. The lowest BCUT2D eigenvalue weighted by Crippen LogP contribution is -2.33. The van der Waals surface area contributed by atoms with Crippen LogP contribution >= 0.6 is 0 Å². The highest BCUT2D eigenvalue weighted by atomic mass is 15.1. The molecule has 2 nitrogen and oxygen atoms in total. The normalized spacial score (nSPS) is 14.1. The summed E-state index contributed by atoms with van der Waals surface area (Å²) in [4.78, 5) is 2.49. The molecule has 11 aromatic carbocycles. The van der Waals surface area contributed by atoms with Crippen molar-refractivity contribution in [2.75, 3.05) is 4.90 Å². The van der Waals surface area contributed by atoms with Crippen LogP contribution in [0.25, 0.3) is 83.1 Å². The minimum atomic E-state index is -0.558. The average molecular weight is 877 g/mol. The van der Waals surface area contributed by atoms with Gasteiger partial charge in [-0.1, -0.05) is 218 Å². The van der Waals surface area contributed by atoms with Gasteiger partial charge in [0, 0.05) is 27.6 Å². The Balaban J connectivity index is 1.02. The van der Waals surface area contributed by atoms with Crippen molar-refractivity contribution >= 4 is 38.9 Å². The van der Waals surface area contributed by atoms with Crippen LogP contribution in [-0.4, -0.2) is 4.57 Å². The molecule has 1 aliphatic carbocycles. The number of benzene rings is 11. The van der Waals surface area contributed by atoms with Crippen molar-refractivity contribution in [2.24, 2.45) is 0 Å². The summed E-state index contributed by atoms with van der Waals surface area (Å²) in [6.07, 6.45) is 0. The van der Waals surface area contributed by atoms with Crippen LogP contribution in [-0.2, 0) is 5.41 Å². The third-order valence-corrected chi connectivity index (χ3v) is 14.8. The first kappa shape index (κ1) is 39.2. The van der Waals surface area contributed by atoms with E-state index in [9.17, 15) is 0 Å². The molecule has 2 aliphatic rings. The van der Waals surface area contributed by atoms with Gasteiger partial charge in [0.1, 0.15) is 0 Å². The third-order valence-electron chi connectivity index (χ3n) is 14.8. The van der Waals surface area contributed by atoms with Gasteiger partial charge in [-0.25, -0.2) is 0 Å². The van der Waals surface area contributed by atoms with Gasteiger partial charge in [0.2, 0.25) is 0 Å². The number of para-hydroxylation sites is 5. The topological polar surface area (TPSA) is 8.17 Å². The molecule has 14 rings (SSSR count). The maximum Gasteiger partial charge on any atom is 0.0754 e. The number of fused-ring (bicyclic) bond motifs is 12. The van der Waals surface area contributed by atoms with Gasteiger partial charge in [-0.3, -0.25) is 0 Å². The zero-order valence-electron chi connectivity index (χ0n) is 37.8. The minimum Gasteiger partial charge on any atom is -0.309 e. The first-order chi connectivity index (χ1) is 34.3. The van der Waals surface area contributed by atoms with E-state index in [-0.39, 0.29) is 0 Å². The Hall–Kier alpha value is -8.98. The number of aromatic nitrogens is 1. The molecule has 322 valence electrons. The lowest BCUT2D eigenvalue weighted by atomic mass is 9.65. The van der Waals surface area contributed by atoms with Crippen LogP contribution < -0.4 is 4.90 Å². The van der Waals surface area contributed by atoms with E-state index in [1.165, 1.54) is 88.7 Å². The molecule has 1 aromatic heterocycles.